The van der Waals surface area contributed by atoms with Gasteiger partial charge in [-0.3, -0.25) is 4.79 Å². The first-order valence-electron chi connectivity index (χ1n) is 9.87. The van der Waals surface area contributed by atoms with Gasteiger partial charge in [-0.2, -0.15) is 4.31 Å². The first kappa shape index (κ1) is 21.3. The van der Waals surface area contributed by atoms with Crippen LogP contribution in [0.1, 0.15) is 24.0 Å². The lowest BCUT2D eigenvalue weighted by Crippen LogP contribution is -2.45. The minimum absolute atomic E-state index is 0.0812. The van der Waals surface area contributed by atoms with Crippen LogP contribution in [-0.2, 0) is 21.2 Å². The molecule has 0 unspecified atom stereocenters. The SMILES string of the molecule is COc1ccc(CCNC(=O)[C@@H]2CCCN(S(=O)(=O)c3ccc(C)cc3)C2)cc1. The maximum atomic E-state index is 12.9. The lowest BCUT2D eigenvalue weighted by atomic mass is 9.99. The molecule has 0 radical (unpaired) electrons. The second-order valence-electron chi connectivity index (χ2n) is 7.40. The van der Waals surface area contributed by atoms with Crippen molar-refractivity contribution in [2.24, 2.45) is 5.92 Å². The maximum absolute atomic E-state index is 12.9. The highest BCUT2D eigenvalue weighted by Crippen LogP contribution is 2.24. The number of aryl methyl sites for hydroxylation is 1. The number of nitrogens with zero attached hydrogens (tertiary/aromatic N) is 1. The molecule has 2 aromatic rings. The summed E-state index contributed by atoms with van der Waals surface area (Å²) in [5.41, 5.74) is 2.12. The molecule has 2 aromatic carbocycles. The first-order chi connectivity index (χ1) is 13.9. The Hall–Kier alpha value is -2.38. The third kappa shape index (κ3) is 5.36. The second kappa shape index (κ2) is 9.41. The lowest BCUT2D eigenvalue weighted by Gasteiger charge is -2.31. The van der Waals surface area contributed by atoms with Crippen LogP contribution in [0, 0.1) is 12.8 Å². The number of carbonyl (C=O) groups excluding carboxylic acids is 1. The smallest absolute Gasteiger partial charge is 0.243 e. The molecule has 1 aliphatic heterocycles. The number of methoxy groups -OCH3 is 1. The summed E-state index contributed by atoms with van der Waals surface area (Å²) in [6.07, 6.45) is 2.10. The van der Waals surface area contributed by atoms with Gasteiger partial charge in [0.05, 0.1) is 17.9 Å². The van der Waals surface area contributed by atoms with Gasteiger partial charge in [0, 0.05) is 19.6 Å². The van der Waals surface area contributed by atoms with Crippen LogP contribution < -0.4 is 10.1 Å². The van der Waals surface area contributed by atoms with E-state index < -0.39 is 10.0 Å². The molecule has 1 N–H and O–H groups in total. The fraction of sp³-hybridized carbons (Fsp3) is 0.409. The lowest BCUT2D eigenvalue weighted by molar-refractivity contribution is -0.126. The summed E-state index contributed by atoms with van der Waals surface area (Å²) in [6, 6.07) is 14.6. The van der Waals surface area contributed by atoms with Crippen LogP contribution in [-0.4, -0.2) is 45.4 Å². The highest BCUT2D eigenvalue weighted by Gasteiger charge is 2.33. The normalized spacial score (nSPS) is 17.7. The van der Waals surface area contributed by atoms with E-state index in [9.17, 15) is 13.2 Å². The van der Waals surface area contributed by atoms with Gasteiger partial charge < -0.3 is 10.1 Å². The van der Waals surface area contributed by atoms with E-state index in [2.05, 4.69) is 5.32 Å². The third-order valence-corrected chi connectivity index (χ3v) is 7.16. The Balaban J connectivity index is 1.55. The highest BCUT2D eigenvalue weighted by atomic mass is 32.2. The van der Waals surface area contributed by atoms with Crippen LogP contribution in [0.2, 0.25) is 0 Å². The zero-order valence-corrected chi connectivity index (χ0v) is 17.7. The number of amides is 1. The van der Waals surface area contributed by atoms with Crippen molar-refractivity contribution in [2.75, 3.05) is 26.7 Å². The van der Waals surface area contributed by atoms with Crippen LogP contribution in [0.4, 0.5) is 0 Å². The second-order valence-corrected chi connectivity index (χ2v) is 9.34. The largest absolute Gasteiger partial charge is 0.497 e. The van der Waals surface area contributed by atoms with Gasteiger partial charge in [-0.05, 0) is 56.0 Å². The molecule has 1 amide bonds. The van der Waals surface area contributed by atoms with E-state index in [0.717, 1.165) is 16.9 Å². The Morgan fingerprint density at radius 3 is 2.48 bits per heavy atom. The highest BCUT2D eigenvalue weighted by molar-refractivity contribution is 7.89. The fourth-order valence-electron chi connectivity index (χ4n) is 3.50. The van der Waals surface area contributed by atoms with Crippen molar-refractivity contribution in [1.29, 1.82) is 0 Å². The van der Waals surface area contributed by atoms with Crippen molar-refractivity contribution in [3.8, 4) is 5.75 Å². The predicted octanol–water partition coefficient (Wildman–Crippen LogP) is 2.76. The fourth-order valence-corrected chi connectivity index (χ4v) is 5.02. The van der Waals surface area contributed by atoms with Gasteiger partial charge in [0.1, 0.15) is 5.75 Å². The van der Waals surface area contributed by atoms with Crippen molar-refractivity contribution >= 4 is 15.9 Å². The van der Waals surface area contributed by atoms with Crippen molar-refractivity contribution in [3.05, 3.63) is 59.7 Å². The summed E-state index contributed by atoms with van der Waals surface area (Å²) in [4.78, 5) is 12.9. The summed E-state index contributed by atoms with van der Waals surface area (Å²) in [5, 5.41) is 2.96. The number of benzene rings is 2. The summed E-state index contributed by atoms with van der Waals surface area (Å²) >= 11 is 0. The van der Waals surface area contributed by atoms with Gasteiger partial charge in [0.15, 0.2) is 0 Å². The van der Waals surface area contributed by atoms with Crippen LogP contribution in [0.25, 0.3) is 0 Å². The van der Waals surface area contributed by atoms with Gasteiger partial charge in [0.2, 0.25) is 15.9 Å². The molecule has 3 rings (SSSR count). The van der Waals surface area contributed by atoms with Crippen molar-refractivity contribution in [3.63, 3.8) is 0 Å². The number of ether oxygens (including phenoxy) is 1. The molecule has 0 bridgehead atoms. The Labute approximate surface area is 172 Å². The van der Waals surface area contributed by atoms with E-state index >= 15 is 0 Å². The molecule has 0 saturated carbocycles. The summed E-state index contributed by atoms with van der Waals surface area (Å²) < 4.78 is 32.4. The number of piperidine rings is 1. The molecule has 7 heteroatoms. The van der Waals surface area contributed by atoms with Gasteiger partial charge in [-0.15, -0.1) is 0 Å². The number of nitrogens with one attached hydrogen (secondary N) is 1. The third-order valence-electron chi connectivity index (χ3n) is 5.29. The molecule has 1 aliphatic rings. The Bertz CT molecular complexity index is 924. The maximum Gasteiger partial charge on any atom is 0.243 e. The summed E-state index contributed by atoms with van der Waals surface area (Å²) in [6.45, 7) is 3.12. The molecule has 29 heavy (non-hydrogen) atoms. The van der Waals surface area contributed by atoms with Crippen molar-refractivity contribution in [1.82, 2.24) is 9.62 Å². The standard InChI is InChI=1S/C22H28N2O4S/c1-17-5-11-21(12-6-17)29(26,27)24-15-3-4-19(16-24)22(25)23-14-13-18-7-9-20(28-2)10-8-18/h5-12,19H,3-4,13-16H2,1-2H3,(H,23,25)/t19-/m1/s1. The minimum atomic E-state index is -3.57. The molecule has 156 valence electrons. The molecule has 0 spiro atoms. The average Bonchev–Trinajstić information content (AvgIpc) is 2.74. The minimum Gasteiger partial charge on any atom is -0.497 e. The van der Waals surface area contributed by atoms with Gasteiger partial charge in [-0.25, -0.2) is 8.42 Å². The van der Waals surface area contributed by atoms with Crippen molar-refractivity contribution < 1.29 is 17.9 Å². The Morgan fingerprint density at radius 2 is 1.83 bits per heavy atom. The quantitative estimate of drug-likeness (QED) is 0.753. The van der Waals surface area contributed by atoms with Crippen LogP contribution in [0.5, 0.6) is 5.75 Å². The molecular weight excluding hydrogens is 388 g/mol. The molecule has 1 heterocycles. The van der Waals surface area contributed by atoms with Crippen LogP contribution in [0.15, 0.2) is 53.4 Å². The molecule has 0 aromatic heterocycles. The summed E-state index contributed by atoms with van der Waals surface area (Å²) in [5.74, 6) is 0.400. The number of rotatable bonds is 7. The zero-order chi connectivity index (χ0) is 20.9. The molecule has 1 saturated heterocycles. The first-order valence-corrected chi connectivity index (χ1v) is 11.3. The molecule has 1 atom stereocenters. The topological polar surface area (TPSA) is 75.7 Å². The summed E-state index contributed by atoms with van der Waals surface area (Å²) in [7, 11) is -1.95. The number of hydrogen-bond acceptors (Lipinski definition) is 4. The van der Waals surface area contributed by atoms with Crippen molar-refractivity contribution in [2.45, 2.75) is 31.1 Å². The predicted molar refractivity (Wildman–Crippen MR) is 112 cm³/mol. The van der Waals surface area contributed by atoms with E-state index in [0.29, 0.717) is 32.4 Å². The van der Waals surface area contributed by atoms with Gasteiger partial charge >= 0.3 is 0 Å². The number of hydrogen-bond donors (Lipinski definition) is 1. The molecule has 0 aliphatic carbocycles. The Kier molecular flexibility index (Phi) is 6.92. The Morgan fingerprint density at radius 1 is 1.14 bits per heavy atom. The molecular formula is C22H28N2O4S. The van der Waals surface area contributed by atoms with E-state index in [1.807, 2.05) is 31.2 Å². The molecule has 6 nitrogen and oxygen atoms in total. The molecule has 1 fully saturated rings. The van der Waals surface area contributed by atoms with Crippen LogP contribution >= 0.6 is 0 Å². The monoisotopic (exact) mass is 416 g/mol. The van der Waals surface area contributed by atoms with E-state index in [1.165, 1.54) is 4.31 Å². The number of carbonyl (C=O) groups is 1. The van der Waals surface area contributed by atoms with Gasteiger partial charge in [0.25, 0.3) is 0 Å². The zero-order valence-electron chi connectivity index (χ0n) is 16.9. The number of sulfonamides is 1. The van der Waals surface area contributed by atoms with Crippen LogP contribution in [0.3, 0.4) is 0 Å². The van der Waals surface area contributed by atoms with E-state index in [1.54, 1.807) is 31.4 Å². The van der Waals surface area contributed by atoms with E-state index in [4.69, 9.17) is 4.74 Å². The van der Waals surface area contributed by atoms with Gasteiger partial charge in [-0.1, -0.05) is 29.8 Å². The van der Waals surface area contributed by atoms with E-state index in [-0.39, 0.29) is 23.3 Å². The average molecular weight is 417 g/mol.